The fourth-order valence-corrected chi connectivity index (χ4v) is 7.95. The van der Waals surface area contributed by atoms with Gasteiger partial charge < -0.3 is 20.4 Å². The standard InChI is InChI=1S/C21H34O5/c1-19-7-5-13(23)9-12(19)3-4-14-15-6-8-21(26,17(25)11-22)20(15,2)10-16(24)18(14)19/h12-16,18,22-24,26H,3-11H2,1-2H3/t12-,13+,14-,15-,16+,18+,19-,20-,21-/m0/s1. The summed E-state index contributed by atoms with van der Waals surface area (Å²) in [5, 5.41) is 41.9. The second-order valence-electron chi connectivity index (χ2n) is 10.2. The van der Waals surface area contributed by atoms with Crippen LogP contribution < -0.4 is 0 Å². The van der Waals surface area contributed by atoms with Crippen molar-refractivity contribution in [1.29, 1.82) is 0 Å². The lowest BCUT2D eigenvalue weighted by molar-refractivity contribution is -0.202. The van der Waals surface area contributed by atoms with E-state index in [9.17, 15) is 25.2 Å². The van der Waals surface area contributed by atoms with Crippen LogP contribution in [0.4, 0.5) is 0 Å². The van der Waals surface area contributed by atoms with E-state index in [4.69, 9.17) is 0 Å². The van der Waals surface area contributed by atoms with Gasteiger partial charge in [0.2, 0.25) is 0 Å². The summed E-state index contributed by atoms with van der Waals surface area (Å²) >= 11 is 0. The Morgan fingerprint density at radius 2 is 1.81 bits per heavy atom. The van der Waals surface area contributed by atoms with Gasteiger partial charge in [-0.3, -0.25) is 4.79 Å². The van der Waals surface area contributed by atoms with Gasteiger partial charge in [-0.05, 0) is 80.5 Å². The van der Waals surface area contributed by atoms with Gasteiger partial charge in [0.25, 0.3) is 0 Å². The van der Waals surface area contributed by atoms with E-state index in [-0.39, 0.29) is 23.4 Å². The molecule has 9 atom stereocenters. The van der Waals surface area contributed by atoms with Crippen LogP contribution in [-0.4, -0.2) is 50.6 Å². The van der Waals surface area contributed by atoms with Crippen molar-refractivity contribution in [2.45, 2.75) is 83.0 Å². The molecule has 5 heteroatoms. The van der Waals surface area contributed by atoms with Crippen molar-refractivity contribution < 1.29 is 25.2 Å². The first-order valence-electron chi connectivity index (χ1n) is 10.4. The second-order valence-corrected chi connectivity index (χ2v) is 10.2. The Kier molecular flexibility index (Phi) is 4.35. The zero-order chi connectivity index (χ0) is 18.9. The lowest BCUT2D eigenvalue weighted by atomic mass is 9.43. The van der Waals surface area contributed by atoms with Crippen molar-refractivity contribution >= 4 is 5.78 Å². The SMILES string of the molecule is C[C@]12CC[C@@H](O)C[C@@H]1CC[C@@H]1[C@@H]2[C@H](O)C[C@@]2(C)[C@H]1CC[C@]2(O)C(=O)CO. The van der Waals surface area contributed by atoms with Gasteiger partial charge in [-0.25, -0.2) is 0 Å². The Labute approximate surface area is 155 Å². The van der Waals surface area contributed by atoms with Crippen LogP contribution in [0.25, 0.3) is 0 Å². The summed E-state index contributed by atoms with van der Waals surface area (Å²) in [6.45, 7) is 3.61. The van der Waals surface area contributed by atoms with Crippen molar-refractivity contribution in [3.63, 3.8) is 0 Å². The van der Waals surface area contributed by atoms with E-state index in [0.717, 1.165) is 38.5 Å². The maximum absolute atomic E-state index is 12.4. The second kappa shape index (κ2) is 6.00. The van der Waals surface area contributed by atoms with Gasteiger partial charge in [0.15, 0.2) is 5.78 Å². The van der Waals surface area contributed by atoms with E-state index in [1.807, 2.05) is 6.92 Å². The molecule has 0 aliphatic heterocycles. The minimum atomic E-state index is -1.52. The molecular formula is C21H34O5. The van der Waals surface area contributed by atoms with E-state index in [1.54, 1.807) is 0 Å². The molecule has 26 heavy (non-hydrogen) atoms. The highest BCUT2D eigenvalue weighted by Gasteiger charge is 2.68. The quantitative estimate of drug-likeness (QED) is 0.596. The van der Waals surface area contributed by atoms with Crippen molar-refractivity contribution in [2.24, 2.45) is 34.5 Å². The number of fused-ring (bicyclic) bond motifs is 5. The van der Waals surface area contributed by atoms with Gasteiger partial charge in [0.05, 0.1) is 12.2 Å². The first kappa shape index (κ1) is 18.9. The van der Waals surface area contributed by atoms with Gasteiger partial charge in [-0.15, -0.1) is 0 Å². The number of aliphatic hydroxyl groups excluding tert-OH is 3. The lowest BCUT2D eigenvalue weighted by Crippen LogP contribution is -2.63. The maximum atomic E-state index is 12.4. The van der Waals surface area contributed by atoms with E-state index in [0.29, 0.717) is 24.7 Å². The van der Waals surface area contributed by atoms with Crippen LogP contribution in [0.1, 0.15) is 65.2 Å². The summed E-state index contributed by atoms with van der Waals surface area (Å²) in [5.41, 5.74) is -2.14. The van der Waals surface area contributed by atoms with Gasteiger partial charge in [-0.2, -0.15) is 0 Å². The molecule has 0 aromatic heterocycles. The number of aliphatic hydroxyl groups is 4. The molecule has 5 nitrogen and oxygen atoms in total. The topological polar surface area (TPSA) is 98.0 Å². The van der Waals surface area contributed by atoms with Crippen molar-refractivity contribution in [2.75, 3.05) is 6.61 Å². The molecular weight excluding hydrogens is 332 g/mol. The number of ketones is 1. The maximum Gasteiger partial charge on any atom is 0.190 e. The zero-order valence-corrected chi connectivity index (χ0v) is 16.0. The normalized spacial score (nSPS) is 56.4. The highest BCUT2D eigenvalue weighted by atomic mass is 16.3. The highest BCUT2D eigenvalue weighted by molar-refractivity contribution is 5.89. The van der Waals surface area contributed by atoms with Crippen molar-refractivity contribution in [3.05, 3.63) is 0 Å². The number of Topliss-reactive ketones (excluding diaryl/α,β-unsaturated/α-hetero) is 1. The van der Waals surface area contributed by atoms with Gasteiger partial charge >= 0.3 is 0 Å². The van der Waals surface area contributed by atoms with E-state index >= 15 is 0 Å². The predicted molar refractivity (Wildman–Crippen MR) is 96.2 cm³/mol. The predicted octanol–water partition coefficient (Wildman–Crippen LogP) is 1.65. The van der Waals surface area contributed by atoms with Crippen LogP contribution in [-0.2, 0) is 4.79 Å². The number of rotatable bonds is 2. The molecule has 0 unspecified atom stereocenters. The minimum absolute atomic E-state index is 0.0323. The molecule has 4 aliphatic carbocycles. The van der Waals surface area contributed by atoms with E-state index < -0.39 is 29.5 Å². The third-order valence-corrected chi connectivity index (χ3v) is 9.33. The van der Waals surface area contributed by atoms with Crippen molar-refractivity contribution in [1.82, 2.24) is 0 Å². The van der Waals surface area contributed by atoms with Crippen LogP contribution in [0.5, 0.6) is 0 Å². The third kappa shape index (κ3) is 2.27. The minimum Gasteiger partial charge on any atom is -0.393 e. The average Bonchev–Trinajstić information content (AvgIpc) is 2.86. The number of hydrogen-bond donors (Lipinski definition) is 4. The molecule has 0 saturated heterocycles. The molecule has 0 spiro atoms. The summed E-state index contributed by atoms with van der Waals surface area (Å²) < 4.78 is 0. The molecule has 4 saturated carbocycles. The van der Waals surface area contributed by atoms with E-state index in [2.05, 4.69) is 6.92 Å². The molecule has 148 valence electrons. The van der Waals surface area contributed by atoms with Crippen LogP contribution in [0.3, 0.4) is 0 Å². The van der Waals surface area contributed by atoms with E-state index in [1.165, 1.54) is 0 Å². The molecule has 4 rings (SSSR count). The first-order chi connectivity index (χ1) is 12.2. The first-order valence-corrected chi connectivity index (χ1v) is 10.4. The molecule has 0 amide bonds. The fourth-order valence-electron chi connectivity index (χ4n) is 7.95. The summed E-state index contributed by atoms with van der Waals surface area (Å²) in [5.74, 6) is 0.653. The Morgan fingerprint density at radius 3 is 2.50 bits per heavy atom. The molecule has 0 aromatic carbocycles. The molecule has 0 radical (unpaired) electrons. The monoisotopic (exact) mass is 366 g/mol. The average molecular weight is 366 g/mol. The summed E-state index contributed by atoms with van der Waals surface area (Å²) in [4.78, 5) is 12.4. The Bertz CT molecular complexity index is 593. The molecule has 4 fully saturated rings. The van der Waals surface area contributed by atoms with Crippen molar-refractivity contribution in [3.8, 4) is 0 Å². The van der Waals surface area contributed by atoms with Crippen LogP contribution in [0.2, 0.25) is 0 Å². The molecule has 0 heterocycles. The molecule has 0 bridgehead atoms. The van der Waals surface area contributed by atoms with Gasteiger partial charge in [0.1, 0.15) is 12.2 Å². The fraction of sp³-hybridized carbons (Fsp3) is 0.952. The molecule has 4 N–H and O–H groups in total. The zero-order valence-electron chi connectivity index (χ0n) is 16.0. The highest BCUT2D eigenvalue weighted by Crippen LogP contribution is 2.68. The van der Waals surface area contributed by atoms with Gasteiger partial charge in [0, 0.05) is 5.41 Å². The lowest BCUT2D eigenvalue weighted by Gasteiger charge is -2.62. The Morgan fingerprint density at radius 1 is 1.08 bits per heavy atom. The number of hydrogen-bond acceptors (Lipinski definition) is 5. The Hall–Kier alpha value is -0.490. The summed E-state index contributed by atoms with van der Waals surface area (Å²) in [6, 6.07) is 0. The smallest absolute Gasteiger partial charge is 0.190 e. The summed E-state index contributed by atoms with van der Waals surface area (Å²) in [7, 11) is 0. The number of carbonyl (C=O) groups is 1. The van der Waals surface area contributed by atoms with Crippen LogP contribution in [0, 0.1) is 34.5 Å². The van der Waals surface area contributed by atoms with Crippen LogP contribution in [0.15, 0.2) is 0 Å². The third-order valence-electron chi connectivity index (χ3n) is 9.33. The molecule has 0 aromatic rings. The largest absolute Gasteiger partial charge is 0.393 e. The summed E-state index contributed by atoms with van der Waals surface area (Å²) in [6.07, 6.45) is 5.48. The van der Waals surface area contributed by atoms with Crippen LogP contribution >= 0.6 is 0 Å². The van der Waals surface area contributed by atoms with Gasteiger partial charge in [-0.1, -0.05) is 13.8 Å². The molecule has 4 aliphatic rings. The Balaban J connectivity index is 1.69. The number of carbonyl (C=O) groups excluding carboxylic acids is 1.